The predicted molar refractivity (Wildman–Crippen MR) is 68.6 cm³/mol. The van der Waals surface area contributed by atoms with Gasteiger partial charge in [0.2, 0.25) is 0 Å². The first-order valence-corrected chi connectivity index (χ1v) is 6.10. The molecule has 0 radical (unpaired) electrons. The molecule has 1 aromatic carbocycles. The topological polar surface area (TPSA) is 12.0 Å². The lowest BCUT2D eigenvalue weighted by Crippen LogP contribution is -2.22. The Kier molecular flexibility index (Phi) is 5.09. The SMILES string of the molecule is CNC(C)C(C)=Cc1cc(C(F)(F)F)cc(C(F)(F)F)c1. The Morgan fingerprint density at radius 1 is 1.00 bits per heavy atom. The van der Waals surface area contributed by atoms with Crippen molar-refractivity contribution in [3.8, 4) is 0 Å². The molecule has 0 spiro atoms. The van der Waals surface area contributed by atoms with Crippen molar-refractivity contribution in [3.05, 3.63) is 40.5 Å². The normalized spacial score (nSPS) is 15.2. The zero-order chi connectivity index (χ0) is 16.4. The van der Waals surface area contributed by atoms with Gasteiger partial charge in [0.1, 0.15) is 0 Å². The van der Waals surface area contributed by atoms with Crippen molar-refractivity contribution in [2.45, 2.75) is 32.2 Å². The van der Waals surface area contributed by atoms with Gasteiger partial charge in [0.05, 0.1) is 11.1 Å². The third-order valence-electron chi connectivity index (χ3n) is 3.12. The first-order chi connectivity index (χ1) is 9.45. The molecule has 0 saturated carbocycles. The lowest BCUT2D eigenvalue weighted by atomic mass is 10.0. The number of alkyl halides is 6. The van der Waals surface area contributed by atoms with E-state index < -0.39 is 23.5 Å². The van der Waals surface area contributed by atoms with E-state index in [1.807, 2.05) is 0 Å². The van der Waals surface area contributed by atoms with Gasteiger partial charge in [-0.25, -0.2) is 0 Å². The average Bonchev–Trinajstić information content (AvgIpc) is 2.35. The summed E-state index contributed by atoms with van der Waals surface area (Å²) in [6, 6.07) is 1.38. The van der Waals surface area contributed by atoms with Crippen molar-refractivity contribution >= 4 is 6.08 Å². The van der Waals surface area contributed by atoms with E-state index in [0.29, 0.717) is 17.7 Å². The molecule has 0 bridgehead atoms. The second-order valence-electron chi connectivity index (χ2n) is 4.74. The van der Waals surface area contributed by atoms with Crippen molar-refractivity contribution in [1.82, 2.24) is 5.32 Å². The van der Waals surface area contributed by atoms with Gasteiger partial charge >= 0.3 is 12.4 Å². The predicted octanol–water partition coefficient (Wildman–Crippen LogP) is 4.74. The molecule has 0 aliphatic carbocycles. The van der Waals surface area contributed by atoms with Crippen LogP contribution in [0.5, 0.6) is 0 Å². The van der Waals surface area contributed by atoms with Crippen molar-refractivity contribution in [3.63, 3.8) is 0 Å². The largest absolute Gasteiger partial charge is 0.416 e. The van der Waals surface area contributed by atoms with Crippen molar-refractivity contribution in [2.75, 3.05) is 7.05 Å². The number of nitrogens with one attached hydrogen (secondary N) is 1. The van der Waals surface area contributed by atoms with E-state index >= 15 is 0 Å². The third kappa shape index (κ3) is 4.77. The van der Waals surface area contributed by atoms with Gasteiger partial charge in [-0.2, -0.15) is 26.3 Å². The summed E-state index contributed by atoms with van der Waals surface area (Å²) < 4.78 is 76.2. The summed E-state index contributed by atoms with van der Waals surface area (Å²) >= 11 is 0. The number of hydrogen-bond acceptors (Lipinski definition) is 1. The van der Waals surface area contributed by atoms with E-state index in [1.165, 1.54) is 6.08 Å². The monoisotopic (exact) mass is 311 g/mol. The zero-order valence-electron chi connectivity index (χ0n) is 11.7. The first kappa shape index (κ1) is 17.6. The summed E-state index contributed by atoms with van der Waals surface area (Å²) in [6.07, 6.45) is -8.34. The summed E-state index contributed by atoms with van der Waals surface area (Å²) in [5.74, 6) is 0. The summed E-state index contributed by atoms with van der Waals surface area (Å²) in [6.45, 7) is 3.39. The maximum Gasteiger partial charge on any atom is 0.416 e. The molecular weight excluding hydrogens is 296 g/mol. The van der Waals surface area contributed by atoms with Crippen molar-refractivity contribution in [2.24, 2.45) is 0 Å². The third-order valence-corrected chi connectivity index (χ3v) is 3.12. The molecule has 0 aromatic heterocycles. The van der Waals surface area contributed by atoms with Gasteiger partial charge in [-0.1, -0.05) is 11.6 Å². The van der Waals surface area contributed by atoms with E-state index in [9.17, 15) is 26.3 Å². The highest BCUT2D eigenvalue weighted by Gasteiger charge is 2.36. The fourth-order valence-electron chi connectivity index (χ4n) is 1.68. The number of likely N-dealkylation sites (N-methyl/N-ethyl adjacent to an activating group) is 1. The van der Waals surface area contributed by atoms with Crippen LogP contribution in [0, 0.1) is 0 Å². The molecule has 1 aromatic rings. The maximum absolute atomic E-state index is 12.7. The lowest BCUT2D eigenvalue weighted by molar-refractivity contribution is -0.143. The molecule has 1 rings (SSSR count). The number of hydrogen-bond donors (Lipinski definition) is 1. The second kappa shape index (κ2) is 6.09. The summed E-state index contributed by atoms with van der Waals surface area (Å²) in [5.41, 5.74) is -2.12. The van der Waals surface area contributed by atoms with Crippen LogP contribution in [-0.2, 0) is 12.4 Å². The van der Waals surface area contributed by atoms with Crippen LogP contribution in [0.25, 0.3) is 6.08 Å². The van der Waals surface area contributed by atoms with Gasteiger partial charge in [-0.15, -0.1) is 0 Å². The van der Waals surface area contributed by atoms with E-state index in [-0.39, 0.29) is 17.7 Å². The molecule has 7 heteroatoms. The highest BCUT2D eigenvalue weighted by atomic mass is 19.4. The van der Waals surface area contributed by atoms with Crippen LogP contribution < -0.4 is 5.32 Å². The Morgan fingerprint density at radius 3 is 1.76 bits per heavy atom. The number of benzene rings is 1. The minimum atomic E-state index is -4.83. The fraction of sp³-hybridized carbons (Fsp3) is 0.429. The molecule has 118 valence electrons. The molecule has 0 fully saturated rings. The van der Waals surface area contributed by atoms with Crippen LogP contribution in [-0.4, -0.2) is 13.1 Å². The zero-order valence-corrected chi connectivity index (χ0v) is 11.7. The molecule has 0 heterocycles. The Balaban J connectivity index is 3.39. The summed E-state index contributed by atoms with van der Waals surface area (Å²) in [5, 5.41) is 2.86. The van der Waals surface area contributed by atoms with Crippen LogP contribution in [0.1, 0.15) is 30.5 Å². The second-order valence-corrected chi connectivity index (χ2v) is 4.74. The lowest BCUT2D eigenvalue weighted by Gasteiger charge is -2.15. The van der Waals surface area contributed by atoms with E-state index in [4.69, 9.17) is 0 Å². The van der Waals surface area contributed by atoms with Gasteiger partial charge in [-0.3, -0.25) is 0 Å². The molecule has 1 N–H and O–H groups in total. The number of halogens is 6. The molecule has 0 aliphatic heterocycles. The molecule has 1 atom stereocenters. The van der Waals surface area contributed by atoms with Crippen molar-refractivity contribution in [1.29, 1.82) is 0 Å². The average molecular weight is 311 g/mol. The fourth-order valence-corrected chi connectivity index (χ4v) is 1.68. The van der Waals surface area contributed by atoms with Crippen LogP contribution in [0.4, 0.5) is 26.3 Å². The van der Waals surface area contributed by atoms with Gasteiger partial charge in [0.15, 0.2) is 0 Å². The standard InChI is InChI=1S/C14H15F6N/c1-8(9(2)21-3)4-10-5-11(13(15,16)17)7-12(6-10)14(18,19)20/h4-7,9,21H,1-3H3. The molecule has 21 heavy (non-hydrogen) atoms. The van der Waals surface area contributed by atoms with E-state index in [2.05, 4.69) is 5.32 Å². The van der Waals surface area contributed by atoms with Crippen LogP contribution in [0.15, 0.2) is 23.8 Å². The van der Waals surface area contributed by atoms with Gasteiger partial charge < -0.3 is 5.32 Å². The van der Waals surface area contributed by atoms with Crippen LogP contribution in [0.3, 0.4) is 0 Å². The number of rotatable bonds is 3. The van der Waals surface area contributed by atoms with E-state index in [1.54, 1.807) is 20.9 Å². The summed E-state index contributed by atoms with van der Waals surface area (Å²) in [4.78, 5) is 0. The Morgan fingerprint density at radius 2 is 1.43 bits per heavy atom. The molecule has 0 saturated heterocycles. The van der Waals surface area contributed by atoms with Gasteiger partial charge in [0, 0.05) is 6.04 Å². The Bertz CT molecular complexity index is 495. The van der Waals surface area contributed by atoms with Gasteiger partial charge in [0.25, 0.3) is 0 Å². The van der Waals surface area contributed by atoms with E-state index in [0.717, 1.165) is 0 Å². The quantitative estimate of drug-likeness (QED) is 0.795. The highest BCUT2D eigenvalue weighted by Crippen LogP contribution is 2.36. The smallest absolute Gasteiger partial charge is 0.314 e. The Hall–Kier alpha value is -1.50. The first-order valence-electron chi connectivity index (χ1n) is 6.10. The van der Waals surface area contributed by atoms with Gasteiger partial charge in [-0.05, 0) is 44.7 Å². The minimum absolute atomic E-state index is 0.119. The Labute approximate surface area is 118 Å². The maximum atomic E-state index is 12.7. The molecule has 0 amide bonds. The summed E-state index contributed by atoms with van der Waals surface area (Å²) in [7, 11) is 1.65. The highest BCUT2D eigenvalue weighted by molar-refractivity contribution is 5.56. The van der Waals surface area contributed by atoms with Crippen LogP contribution in [0.2, 0.25) is 0 Å². The molecule has 0 aliphatic rings. The molecule has 1 unspecified atom stereocenters. The minimum Gasteiger partial charge on any atom is -0.314 e. The molecule has 1 nitrogen and oxygen atoms in total. The van der Waals surface area contributed by atoms with Crippen LogP contribution >= 0.6 is 0 Å². The van der Waals surface area contributed by atoms with Crippen molar-refractivity contribution < 1.29 is 26.3 Å². The molecular formula is C14H15F6N.